The number of carbonyl (C=O) groups excluding carboxylic acids is 1. The third kappa shape index (κ3) is 3.68. The van der Waals surface area contributed by atoms with Gasteiger partial charge in [-0.2, -0.15) is 0 Å². The van der Waals surface area contributed by atoms with Crippen LogP contribution in [0.5, 0.6) is 0 Å². The third-order valence-corrected chi connectivity index (χ3v) is 3.72. The Hall–Kier alpha value is -0.610. The smallest absolute Gasteiger partial charge is 0.239 e. The summed E-state index contributed by atoms with van der Waals surface area (Å²) in [5.74, 6) is 0.140. The number of rotatable bonds is 6. The molecular formula is C13H27N3O. The fraction of sp³-hybridized carbons (Fsp3) is 0.923. The minimum atomic E-state index is -0.296. The highest BCUT2D eigenvalue weighted by Gasteiger charge is 2.30. The van der Waals surface area contributed by atoms with E-state index in [1.807, 2.05) is 4.90 Å². The van der Waals surface area contributed by atoms with Crippen molar-refractivity contribution in [2.75, 3.05) is 26.2 Å². The molecule has 4 nitrogen and oxygen atoms in total. The highest BCUT2D eigenvalue weighted by molar-refractivity contribution is 5.81. The van der Waals surface area contributed by atoms with E-state index in [9.17, 15) is 4.79 Å². The number of hydrogen-bond acceptors (Lipinski definition) is 3. The molecule has 0 aromatic rings. The number of hydrogen-bond donors (Lipinski definition) is 1. The molecule has 2 unspecified atom stereocenters. The molecule has 1 aliphatic rings. The van der Waals surface area contributed by atoms with E-state index in [0.717, 1.165) is 45.4 Å². The molecule has 1 fully saturated rings. The molecule has 1 saturated heterocycles. The number of carbonyl (C=O) groups is 1. The second-order valence-electron chi connectivity index (χ2n) is 4.84. The highest BCUT2D eigenvalue weighted by Crippen LogP contribution is 2.16. The first-order valence-corrected chi connectivity index (χ1v) is 6.92. The van der Waals surface area contributed by atoms with E-state index in [-0.39, 0.29) is 11.9 Å². The standard InChI is InChI=1S/C13H27N3O/c1-4-7-12(14)13(17)16-9-8-11(10-16)15(5-2)6-3/h11-12H,4-10,14H2,1-3H3. The summed E-state index contributed by atoms with van der Waals surface area (Å²) in [7, 11) is 0. The Morgan fingerprint density at radius 3 is 2.59 bits per heavy atom. The molecule has 0 radical (unpaired) electrons. The summed E-state index contributed by atoms with van der Waals surface area (Å²) in [4.78, 5) is 16.4. The third-order valence-electron chi connectivity index (χ3n) is 3.72. The molecule has 1 heterocycles. The highest BCUT2D eigenvalue weighted by atomic mass is 16.2. The van der Waals surface area contributed by atoms with Gasteiger partial charge in [-0.1, -0.05) is 27.2 Å². The number of nitrogens with zero attached hydrogens (tertiary/aromatic N) is 2. The van der Waals surface area contributed by atoms with Crippen molar-refractivity contribution in [1.82, 2.24) is 9.80 Å². The maximum Gasteiger partial charge on any atom is 0.239 e. The van der Waals surface area contributed by atoms with E-state index in [1.165, 1.54) is 0 Å². The van der Waals surface area contributed by atoms with Crippen LogP contribution in [-0.2, 0) is 4.79 Å². The minimum absolute atomic E-state index is 0.140. The van der Waals surface area contributed by atoms with Crippen LogP contribution in [0.1, 0.15) is 40.0 Å². The summed E-state index contributed by atoms with van der Waals surface area (Å²) < 4.78 is 0. The lowest BCUT2D eigenvalue weighted by molar-refractivity contribution is -0.131. The zero-order valence-electron chi connectivity index (χ0n) is 11.5. The summed E-state index contributed by atoms with van der Waals surface area (Å²) in [5.41, 5.74) is 5.89. The molecule has 1 rings (SSSR count). The lowest BCUT2D eigenvalue weighted by Crippen LogP contribution is -2.44. The maximum atomic E-state index is 12.1. The van der Waals surface area contributed by atoms with E-state index in [1.54, 1.807) is 0 Å². The zero-order chi connectivity index (χ0) is 12.8. The average Bonchev–Trinajstić information content (AvgIpc) is 2.79. The minimum Gasteiger partial charge on any atom is -0.340 e. The fourth-order valence-corrected chi connectivity index (χ4v) is 2.65. The summed E-state index contributed by atoms with van der Waals surface area (Å²) >= 11 is 0. The first kappa shape index (κ1) is 14.5. The SMILES string of the molecule is CCCC(N)C(=O)N1CCC(N(CC)CC)C1. The Bertz CT molecular complexity index is 241. The lowest BCUT2D eigenvalue weighted by Gasteiger charge is -2.26. The van der Waals surface area contributed by atoms with Crippen LogP contribution in [0.25, 0.3) is 0 Å². The molecule has 0 aromatic heterocycles. The predicted molar refractivity (Wildman–Crippen MR) is 70.8 cm³/mol. The molecule has 1 amide bonds. The normalized spacial score (nSPS) is 22.2. The molecule has 0 saturated carbocycles. The monoisotopic (exact) mass is 241 g/mol. The van der Waals surface area contributed by atoms with Crippen molar-refractivity contribution in [2.45, 2.75) is 52.1 Å². The van der Waals surface area contributed by atoms with Crippen LogP contribution >= 0.6 is 0 Å². The Labute approximate surface area is 105 Å². The average molecular weight is 241 g/mol. The van der Waals surface area contributed by atoms with Crippen LogP contribution in [0.15, 0.2) is 0 Å². The van der Waals surface area contributed by atoms with Crippen LogP contribution in [0.3, 0.4) is 0 Å². The molecule has 0 aromatic carbocycles. The number of likely N-dealkylation sites (tertiary alicyclic amines) is 1. The summed E-state index contributed by atoms with van der Waals surface area (Å²) in [6.45, 7) is 10.3. The Morgan fingerprint density at radius 2 is 2.06 bits per heavy atom. The number of nitrogens with two attached hydrogens (primary N) is 1. The second-order valence-corrected chi connectivity index (χ2v) is 4.84. The molecule has 100 valence electrons. The van der Waals surface area contributed by atoms with Gasteiger partial charge in [0.15, 0.2) is 0 Å². The van der Waals surface area contributed by atoms with Gasteiger partial charge in [0.2, 0.25) is 5.91 Å². The van der Waals surface area contributed by atoms with Crippen LogP contribution in [0.2, 0.25) is 0 Å². The van der Waals surface area contributed by atoms with Crippen LogP contribution < -0.4 is 5.73 Å². The maximum absolute atomic E-state index is 12.1. The van der Waals surface area contributed by atoms with Crippen molar-refractivity contribution in [1.29, 1.82) is 0 Å². The van der Waals surface area contributed by atoms with Crippen molar-refractivity contribution in [3.63, 3.8) is 0 Å². The summed E-state index contributed by atoms with van der Waals surface area (Å²) in [6, 6.07) is 0.234. The van der Waals surface area contributed by atoms with Gasteiger partial charge in [0.05, 0.1) is 6.04 Å². The number of amides is 1. The van der Waals surface area contributed by atoms with E-state index in [4.69, 9.17) is 5.73 Å². The Balaban J connectivity index is 2.46. The molecule has 4 heteroatoms. The molecule has 17 heavy (non-hydrogen) atoms. The van der Waals surface area contributed by atoms with Crippen LogP contribution in [-0.4, -0.2) is 54.0 Å². The number of likely N-dealkylation sites (N-methyl/N-ethyl adjacent to an activating group) is 1. The first-order valence-electron chi connectivity index (χ1n) is 6.92. The van der Waals surface area contributed by atoms with Crippen molar-refractivity contribution < 1.29 is 4.79 Å². The second kappa shape index (κ2) is 6.97. The summed E-state index contributed by atoms with van der Waals surface area (Å²) in [6.07, 6.45) is 2.86. The van der Waals surface area contributed by atoms with Crippen LogP contribution in [0.4, 0.5) is 0 Å². The molecule has 1 aliphatic heterocycles. The Kier molecular flexibility index (Phi) is 5.92. The quantitative estimate of drug-likeness (QED) is 0.756. The van der Waals surface area contributed by atoms with Crippen molar-refractivity contribution in [3.8, 4) is 0 Å². The largest absolute Gasteiger partial charge is 0.340 e. The van der Waals surface area contributed by atoms with Gasteiger partial charge in [-0.3, -0.25) is 9.69 Å². The van der Waals surface area contributed by atoms with E-state index in [2.05, 4.69) is 25.7 Å². The van der Waals surface area contributed by atoms with Crippen molar-refractivity contribution in [2.24, 2.45) is 5.73 Å². The Morgan fingerprint density at radius 1 is 1.41 bits per heavy atom. The lowest BCUT2D eigenvalue weighted by atomic mass is 10.1. The van der Waals surface area contributed by atoms with Gasteiger partial charge in [-0.25, -0.2) is 0 Å². The van der Waals surface area contributed by atoms with Crippen molar-refractivity contribution in [3.05, 3.63) is 0 Å². The van der Waals surface area contributed by atoms with E-state index < -0.39 is 0 Å². The van der Waals surface area contributed by atoms with Crippen molar-refractivity contribution >= 4 is 5.91 Å². The van der Waals surface area contributed by atoms with Gasteiger partial charge in [-0.15, -0.1) is 0 Å². The van der Waals surface area contributed by atoms with Gasteiger partial charge in [-0.05, 0) is 25.9 Å². The van der Waals surface area contributed by atoms with E-state index >= 15 is 0 Å². The van der Waals surface area contributed by atoms with Gasteiger partial charge >= 0.3 is 0 Å². The molecule has 2 N–H and O–H groups in total. The predicted octanol–water partition coefficient (Wildman–Crippen LogP) is 1.06. The van der Waals surface area contributed by atoms with Gasteiger partial charge in [0, 0.05) is 19.1 Å². The van der Waals surface area contributed by atoms with Gasteiger partial charge in [0.1, 0.15) is 0 Å². The molecule has 0 aliphatic carbocycles. The topological polar surface area (TPSA) is 49.6 Å². The van der Waals surface area contributed by atoms with Crippen LogP contribution in [0, 0.1) is 0 Å². The zero-order valence-corrected chi connectivity index (χ0v) is 11.5. The fourth-order valence-electron chi connectivity index (χ4n) is 2.65. The van der Waals surface area contributed by atoms with Gasteiger partial charge in [0.25, 0.3) is 0 Å². The molecule has 2 atom stereocenters. The summed E-state index contributed by atoms with van der Waals surface area (Å²) in [5, 5.41) is 0. The molecule has 0 bridgehead atoms. The molecule has 0 spiro atoms. The van der Waals surface area contributed by atoms with E-state index in [0.29, 0.717) is 6.04 Å². The first-order chi connectivity index (χ1) is 8.13. The van der Waals surface area contributed by atoms with Gasteiger partial charge < -0.3 is 10.6 Å². The molecular weight excluding hydrogens is 214 g/mol.